The van der Waals surface area contributed by atoms with Gasteiger partial charge < -0.3 is 10.2 Å². The second kappa shape index (κ2) is 9.55. The van der Waals surface area contributed by atoms with Crippen LogP contribution in [-0.4, -0.2) is 76.5 Å². The quantitative estimate of drug-likeness (QED) is 0.571. The molecule has 4 rings (SSSR count). The monoisotopic (exact) mass is 455 g/mol. The molecule has 0 radical (unpaired) electrons. The first kappa shape index (κ1) is 22.1. The molecule has 168 valence electrons. The SMILES string of the molecule is CCN1CCN(S(=O)(=O)c2ccc(NC(=O)Cn3nnc(-c4ccccc4)n3)cc2)CC1. The summed E-state index contributed by atoms with van der Waals surface area (Å²) in [6.07, 6.45) is 0. The van der Waals surface area contributed by atoms with E-state index in [4.69, 9.17) is 0 Å². The van der Waals surface area contributed by atoms with Crippen LogP contribution in [-0.2, 0) is 21.4 Å². The van der Waals surface area contributed by atoms with Crippen LogP contribution < -0.4 is 5.32 Å². The summed E-state index contributed by atoms with van der Waals surface area (Å²) in [5.41, 5.74) is 1.31. The molecule has 0 unspecified atom stereocenters. The van der Waals surface area contributed by atoms with Crippen LogP contribution in [0, 0.1) is 0 Å². The van der Waals surface area contributed by atoms with Gasteiger partial charge in [-0.1, -0.05) is 37.3 Å². The van der Waals surface area contributed by atoms with Gasteiger partial charge in [0.05, 0.1) is 4.90 Å². The molecule has 2 heterocycles. The standard InChI is InChI=1S/C21H25N7O3S/c1-2-26-12-14-27(15-13-26)32(30,31)19-10-8-18(9-11-19)22-20(29)16-28-24-21(23-25-28)17-6-4-3-5-7-17/h3-11H,2,12-16H2,1H3,(H,22,29). The minimum absolute atomic E-state index is 0.110. The van der Waals surface area contributed by atoms with Crippen molar-refractivity contribution in [1.29, 1.82) is 0 Å². The van der Waals surface area contributed by atoms with Gasteiger partial charge in [-0.3, -0.25) is 4.79 Å². The van der Waals surface area contributed by atoms with Crippen molar-refractivity contribution in [2.45, 2.75) is 18.4 Å². The number of rotatable bonds is 7. The van der Waals surface area contributed by atoms with Crippen LogP contribution in [0.3, 0.4) is 0 Å². The summed E-state index contributed by atoms with van der Waals surface area (Å²) in [6.45, 7) is 5.29. The first-order chi connectivity index (χ1) is 15.5. The highest BCUT2D eigenvalue weighted by Gasteiger charge is 2.27. The van der Waals surface area contributed by atoms with Gasteiger partial charge in [-0.05, 0) is 36.0 Å². The summed E-state index contributed by atoms with van der Waals surface area (Å²) < 4.78 is 27.2. The number of piperazine rings is 1. The maximum atomic E-state index is 12.9. The molecule has 1 aliphatic heterocycles. The Bertz CT molecular complexity index is 1160. The van der Waals surface area contributed by atoms with Crippen molar-refractivity contribution in [2.75, 3.05) is 38.0 Å². The fourth-order valence-corrected chi connectivity index (χ4v) is 4.91. The number of sulfonamides is 1. The third-order valence-electron chi connectivity index (χ3n) is 5.32. The zero-order valence-electron chi connectivity index (χ0n) is 17.8. The molecule has 10 nitrogen and oxygen atoms in total. The molecule has 3 aromatic rings. The molecule has 2 aromatic carbocycles. The molecule has 1 amide bonds. The van der Waals surface area contributed by atoms with Crippen molar-refractivity contribution < 1.29 is 13.2 Å². The second-order valence-electron chi connectivity index (χ2n) is 7.42. The minimum Gasteiger partial charge on any atom is -0.324 e. The molecule has 1 aromatic heterocycles. The van der Waals surface area contributed by atoms with Gasteiger partial charge in [-0.2, -0.15) is 9.10 Å². The number of likely N-dealkylation sites (N-methyl/N-ethyl adjacent to an activating group) is 1. The number of carbonyl (C=O) groups is 1. The van der Waals surface area contributed by atoms with Gasteiger partial charge in [0.2, 0.25) is 21.8 Å². The van der Waals surface area contributed by atoms with Gasteiger partial charge in [0.15, 0.2) is 0 Å². The molecule has 0 aliphatic carbocycles. The van der Waals surface area contributed by atoms with Gasteiger partial charge in [0.25, 0.3) is 0 Å². The summed E-state index contributed by atoms with van der Waals surface area (Å²) in [5.74, 6) is 0.0982. The summed E-state index contributed by atoms with van der Waals surface area (Å²) in [5, 5.41) is 14.8. The highest BCUT2D eigenvalue weighted by Crippen LogP contribution is 2.20. The molecule has 11 heteroatoms. The zero-order chi connectivity index (χ0) is 22.6. The van der Waals surface area contributed by atoms with Crippen molar-refractivity contribution in [3.63, 3.8) is 0 Å². The highest BCUT2D eigenvalue weighted by molar-refractivity contribution is 7.89. The fraction of sp³-hybridized carbons (Fsp3) is 0.333. The number of amides is 1. The average molecular weight is 456 g/mol. The van der Waals surface area contributed by atoms with Crippen LogP contribution in [0.15, 0.2) is 59.5 Å². The fourth-order valence-electron chi connectivity index (χ4n) is 3.49. The van der Waals surface area contributed by atoms with Gasteiger partial charge in [0, 0.05) is 37.4 Å². The first-order valence-corrected chi connectivity index (χ1v) is 11.9. The van der Waals surface area contributed by atoms with E-state index in [1.807, 2.05) is 30.3 Å². The number of benzene rings is 2. The third kappa shape index (κ3) is 5.01. The maximum Gasteiger partial charge on any atom is 0.248 e. The van der Waals surface area contributed by atoms with E-state index in [1.165, 1.54) is 21.2 Å². The van der Waals surface area contributed by atoms with E-state index in [9.17, 15) is 13.2 Å². The summed E-state index contributed by atoms with van der Waals surface area (Å²) >= 11 is 0. The molecule has 1 saturated heterocycles. The maximum absolute atomic E-state index is 12.9. The van der Waals surface area contributed by atoms with Crippen molar-refractivity contribution in [3.8, 4) is 11.4 Å². The van der Waals surface area contributed by atoms with Crippen LogP contribution in [0.25, 0.3) is 11.4 Å². The Labute approximate surface area is 186 Å². The third-order valence-corrected chi connectivity index (χ3v) is 7.24. The van der Waals surface area contributed by atoms with Gasteiger partial charge in [-0.15, -0.1) is 10.2 Å². The summed E-state index contributed by atoms with van der Waals surface area (Å²) in [7, 11) is -3.55. The topological polar surface area (TPSA) is 113 Å². The number of carbonyl (C=O) groups excluding carboxylic acids is 1. The number of hydrogen-bond donors (Lipinski definition) is 1. The molecule has 1 N–H and O–H groups in total. The Morgan fingerprint density at radius 2 is 1.69 bits per heavy atom. The Morgan fingerprint density at radius 1 is 1.00 bits per heavy atom. The predicted molar refractivity (Wildman–Crippen MR) is 119 cm³/mol. The minimum atomic E-state index is -3.55. The lowest BCUT2D eigenvalue weighted by molar-refractivity contribution is -0.117. The van der Waals surface area contributed by atoms with E-state index in [0.29, 0.717) is 24.6 Å². The second-order valence-corrected chi connectivity index (χ2v) is 9.36. The first-order valence-electron chi connectivity index (χ1n) is 10.4. The lowest BCUT2D eigenvalue weighted by Gasteiger charge is -2.33. The number of nitrogens with zero attached hydrogens (tertiary/aromatic N) is 6. The van der Waals surface area contributed by atoms with Crippen LogP contribution in [0.5, 0.6) is 0 Å². The van der Waals surface area contributed by atoms with Crippen LogP contribution in [0.1, 0.15) is 6.92 Å². The number of tetrazole rings is 1. The molecular formula is C21H25N7O3S. The van der Waals surface area contributed by atoms with E-state index in [2.05, 4.69) is 32.6 Å². The van der Waals surface area contributed by atoms with Crippen LogP contribution in [0.4, 0.5) is 5.69 Å². The van der Waals surface area contributed by atoms with Crippen molar-refractivity contribution in [3.05, 3.63) is 54.6 Å². The van der Waals surface area contributed by atoms with E-state index < -0.39 is 10.0 Å². The molecule has 1 fully saturated rings. The summed E-state index contributed by atoms with van der Waals surface area (Å²) in [4.78, 5) is 16.0. The Kier molecular flexibility index (Phi) is 6.58. The number of anilines is 1. The van der Waals surface area contributed by atoms with E-state index in [1.54, 1.807) is 12.1 Å². The lowest BCUT2D eigenvalue weighted by Crippen LogP contribution is -2.48. The lowest BCUT2D eigenvalue weighted by atomic mass is 10.2. The molecule has 0 bridgehead atoms. The number of hydrogen-bond acceptors (Lipinski definition) is 7. The number of nitrogens with one attached hydrogen (secondary N) is 1. The van der Waals surface area contributed by atoms with Gasteiger partial charge in [-0.25, -0.2) is 8.42 Å². The van der Waals surface area contributed by atoms with E-state index in [0.717, 1.165) is 25.2 Å². The Morgan fingerprint density at radius 3 is 2.34 bits per heavy atom. The Balaban J connectivity index is 1.35. The smallest absolute Gasteiger partial charge is 0.248 e. The van der Waals surface area contributed by atoms with Crippen LogP contribution >= 0.6 is 0 Å². The van der Waals surface area contributed by atoms with Crippen molar-refractivity contribution in [1.82, 2.24) is 29.4 Å². The molecule has 1 aliphatic rings. The normalized spacial score (nSPS) is 15.5. The molecule has 0 saturated carbocycles. The van der Waals surface area contributed by atoms with Crippen molar-refractivity contribution >= 4 is 21.6 Å². The zero-order valence-corrected chi connectivity index (χ0v) is 18.6. The molecular weight excluding hydrogens is 430 g/mol. The molecule has 0 spiro atoms. The van der Waals surface area contributed by atoms with E-state index in [-0.39, 0.29) is 17.3 Å². The molecule has 0 atom stereocenters. The number of aromatic nitrogens is 4. The highest BCUT2D eigenvalue weighted by atomic mass is 32.2. The average Bonchev–Trinajstić information content (AvgIpc) is 3.28. The van der Waals surface area contributed by atoms with Gasteiger partial charge in [0.1, 0.15) is 6.54 Å². The van der Waals surface area contributed by atoms with Crippen LogP contribution in [0.2, 0.25) is 0 Å². The van der Waals surface area contributed by atoms with Crippen molar-refractivity contribution in [2.24, 2.45) is 0 Å². The largest absolute Gasteiger partial charge is 0.324 e. The molecule has 32 heavy (non-hydrogen) atoms. The summed E-state index contributed by atoms with van der Waals surface area (Å²) in [6, 6.07) is 15.5. The Hall–Kier alpha value is -3.15. The van der Waals surface area contributed by atoms with Gasteiger partial charge >= 0.3 is 0 Å². The van der Waals surface area contributed by atoms with E-state index >= 15 is 0 Å². The predicted octanol–water partition coefficient (Wildman–Crippen LogP) is 1.30.